The topological polar surface area (TPSA) is 30.1 Å². The van der Waals surface area contributed by atoms with Crippen molar-refractivity contribution in [3.63, 3.8) is 0 Å². The molecular weight excluding hydrogens is 335 g/mol. The number of hydrogen-bond acceptors (Lipinski definition) is 2. The lowest BCUT2D eigenvalue weighted by Gasteiger charge is -1.98. The van der Waals surface area contributed by atoms with Crippen LogP contribution in [0.1, 0.15) is 29.0 Å². The van der Waals surface area contributed by atoms with Crippen LogP contribution in [0, 0.1) is 6.92 Å². The molecule has 2 heterocycles. The monoisotopic (exact) mass is 350 g/mol. The van der Waals surface area contributed by atoms with E-state index in [4.69, 9.17) is 4.52 Å². The van der Waals surface area contributed by atoms with E-state index < -0.39 is 7.25 Å². The molecule has 0 unspecified atom stereocenters. The molecule has 8 heteroatoms. The van der Waals surface area contributed by atoms with E-state index in [9.17, 15) is 17.3 Å². The van der Waals surface area contributed by atoms with E-state index in [0.29, 0.717) is 0 Å². The predicted octanol–water partition coefficient (Wildman–Crippen LogP) is 4.51. The highest BCUT2D eigenvalue weighted by Gasteiger charge is 2.28. The van der Waals surface area contributed by atoms with E-state index in [1.807, 2.05) is 29.8 Å². The summed E-state index contributed by atoms with van der Waals surface area (Å²) in [5.41, 5.74) is 5.86. The van der Waals surface area contributed by atoms with Gasteiger partial charge >= 0.3 is 12.9 Å². The molecule has 0 aliphatic heterocycles. The number of benzene rings is 1. The van der Waals surface area contributed by atoms with Crippen molar-refractivity contribution in [3.8, 4) is 0 Å². The van der Waals surface area contributed by atoms with Crippen molar-refractivity contribution in [2.75, 3.05) is 0 Å². The zero-order valence-corrected chi connectivity index (χ0v) is 13.4. The van der Waals surface area contributed by atoms with Gasteiger partial charge in [0.15, 0.2) is 11.5 Å². The summed E-state index contributed by atoms with van der Waals surface area (Å²) in [7, 11) is -6.00. The van der Waals surface area contributed by atoms with E-state index in [2.05, 4.69) is 35.3 Å². The molecule has 2 aromatic heterocycles. The van der Waals surface area contributed by atoms with Gasteiger partial charge in [0.05, 0.1) is 6.07 Å². The average Bonchev–Trinajstić information content (AvgIpc) is 3.09. The molecule has 3 aromatic rings. The van der Waals surface area contributed by atoms with Crippen LogP contribution in [0.4, 0.5) is 17.3 Å². The van der Waals surface area contributed by atoms with Crippen molar-refractivity contribution in [2.45, 2.75) is 19.8 Å². The number of nitrogens with zero attached hydrogens (tertiary/aromatic N) is 2. The normalized spacial score (nSPS) is 15.2. The first-order chi connectivity index (χ1) is 11.8. The number of aryl methyl sites for hydroxylation is 2. The largest absolute Gasteiger partial charge is 0.673 e. The molecule has 1 aliphatic rings. The van der Waals surface area contributed by atoms with Crippen LogP contribution >= 0.6 is 0 Å². The zero-order valence-electron chi connectivity index (χ0n) is 13.4. The van der Waals surface area contributed by atoms with Gasteiger partial charge in [-0.1, -0.05) is 30.3 Å². The maximum absolute atomic E-state index is 9.75. The van der Waals surface area contributed by atoms with Crippen molar-refractivity contribution in [1.29, 1.82) is 0 Å². The minimum atomic E-state index is -6.00. The first kappa shape index (κ1) is 17.2. The van der Waals surface area contributed by atoms with Crippen molar-refractivity contribution < 1.29 is 26.4 Å². The van der Waals surface area contributed by atoms with Gasteiger partial charge in [-0.3, -0.25) is 0 Å². The molecule has 0 saturated carbocycles. The molecule has 0 radical (unpaired) electrons. The highest BCUT2D eigenvalue weighted by Crippen LogP contribution is 2.31. The third-order valence-corrected chi connectivity index (χ3v) is 3.74. The Morgan fingerprint density at radius 2 is 1.80 bits per heavy atom. The number of aromatic nitrogens is 2. The third-order valence-electron chi connectivity index (χ3n) is 3.74. The number of hydrogen-bond donors (Lipinski definition) is 0. The van der Waals surface area contributed by atoms with Gasteiger partial charge in [-0.25, -0.2) is 0 Å². The van der Waals surface area contributed by atoms with Gasteiger partial charge in [-0.2, -0.15) is 0 Å². The summed E-state index contributed by atoms with van der Waals surface area (Å²) in [6, 6.07) is 12.4. The summed E-state index contributed by atoms with van der Waals surface area (Å²) in [5.74, 6) is 0.886. The number of allylic oxidation sites excluding steroid dienone is 1. The zero-order chi connectivity index (χ0) is 18.0. The maximum atomic E-state index is 9.75. The van der Waals surface area contributed by atoms with E-state index in [1.165, 1.54) is 22.4 Å². The molecule has 1 aromatic carbocycles. The molecule has 0 bridgehead atoms. The van der Waals surface area contributed by atoms with Crippen molar-refractivity contribution in [2.24, 2.45) is 0 Å². The van der Waals surface area contributed by atoms with Crippen LogP contribution in [-0.2, 0) is 6.42 Å². The first-order valence-electron chi connectivity index (χ1n) is 7.75. The molecule has 0 saturated heterocycles. The first-order valence-corrected chi connectivity index (χ1v) is 7.75. The second kappa shape index (κ2) is 6.70. The Labute approximate surface area is 141 Å². The highest BCUT2D eigenvalue weighted by atomic mass is 19.5. The lowest BCUT2D eigenvalue weighted by molar-refractivity contribution is -0.721. The number of fused-ring (bicyclic) bond motifs is 3. The van der Waals surface area contributed by atoms with Crippen molar-refractivity contribution >= 4 is 24.6 Å². The van der Waals surface area contributed by atoms with Crippen molar-refractivity contribution in [3.05, 3.63) is 65.2 Å². The Kier molecular flexibility index (Phi) is 4.61. The van der Waals surface area contributed by atoms with Crippen LogP contribution in [0.15, 0.2) is 47.1 Å². The summed E-state index contributed by atoms with van der Waals surface area (Å²) in [6.45, 7) is 1.95. The molecule has 1 aliphatic carbocycles. The van der Waals surface area contributed by atoms with Gasteiger partial charge < -0.3 is 21.8 Å². The van der Waals surface area contributed by atoms with Crippen LogP contribution < -0.4 is 4.57 Å². The van der Waals surface area contributed by atoms with Crippen LogP contribution in [0.5, 0.6) is 0 Å². The molecule has 25 heavy (non-hydrogen) atoms. The Morgan fingerprint density at radius 1 is 1.12 bits per heavy atom. The lowest BCUT2D eigenvalue weighted by atomic mass is 10.1. The Morgan fingerprint density at radius 3 is 2.48 bits per heavy atom. The van der Waals surface area contributed by atoms with Gasteiger partial charge in [0, 0.05) is 11.1 Å². The highest BCUT2D eigenvalue weighted by molar-refractivity contribution is 6.50. The Bertz CT molecular complexity index is 914. The van der Waals surface area contributed by atoms with Crippen LogP contribution in [0.2, 0.25) is 0 Å². The fourth-order valence-corrected chi connectivity index (χ4v) is 2.84. The van der Waals surface area contributed by atoms with Crippen LogP contribution in [-0.4, -0.2) is 12.2 Å². The quantitative estimate of drug-likeness (QED) is 0.367. The van der Waals surface area contributed by atoms with Gasteiger partial charge in [0.25, 0.3) is 0 Å². The summed E-state index contributed by atoms with van der Waals surface area (Å²) in [6.07, 6.45) is 6.29. The van der Waals surface area contributed by atoms with Gasteiger partial charge in [-0.05, 0) is 41.0 Å². The molecule has 0 atom stereocenters. The van der Waals surface area contributed by atoms with Gasteiger partial charge in [0.1, 0.15) is 6.20 Å². The second-order valence-electron chi connectivity index (χ2n) is 5.71. The standard InChI is InChI=1S/C17H15N2O.BF4/c1-12-9-16-18-11-15-8-7-14(17(15)19(16)20-12)10-13-5-3-2-4-6-13;2-1(3,4)5/h2-6,9-11H,7-8H2,1H3;/q+1;-1/b14-10-;. The lowest BCUT2D eigenvalue weighted by Crippen LogP contribution is -2.25. The summed E-state index contributed by atoms with van der Waals surface area (Å²) < 4.78 is 46.7. The number of rotatable bonds is 1. The molecule has 0 amide bonds. The van der Waals surface area contributed by atoms with Crippen LogP contribution in [0.25, 0.3) is 17.3 Å². The average molecular weight is 350 g/mol. The molecule has 0 fully saturated rings. The maximum Gasteiger partial charge on any atom is 0.673 e. The molecule has 3 nitrogen and oxygen atoms in total. The Hall–Kier alpha value is -2.64. The van der Waals surface area contributed by atoms with Crippen LogP contribution in [0.3, 0.4) is 0 Å². The molecule has 4 rings (SSSR count). The molecule has 0 spiro atoms. The summed E-state index contributed by atoms with van der Waals surface area (Å²) >= 11 is 0. The van der Waals surface area contributed by atoms with Gasteiger partial charge in [-0.15, -0.1) is 0 Å². The minimum absolute atomic E-state index is 0.877. The summed E-state index contributed by atoms with van der Waals surface area (Å²) in [4.78, 5) is 4.46. The molecule has 130 valence electrons. The fourth-order valence-electron chi connectivity index (χ4n) is 2.84. The second-order valence-corrected chi connectivity index (χ2v) is 5.71. The SMILES string of the molecule is Cc1cc2ncc3c([n+]2o1)/C(=C\c1ccccc1)CC3.F[B-](F)(F)F. The fraction of sp³-hybridized carbons (Fsp3) is 0.176. The Balaban J connectivity index is 0.000000324. The van der Waals surface area contributed by atoms with Gasteiger partial charge in [0.2, 0.25) is 0 Å². The third kappa shape index (κ3) is 4.26. The molecular formula is C17H15BF4N2O. The van der Waals surface area contributed by atoms with E-state index in [-0.39, 0.29) is 0 Å². The minimum Gasteiger partial charge on any atom is -0.418 e. The number of halogens is 4. The van der Waals surface area contributed by atoms with E-state index in [1.54, 1.807) is 0 Å². The van der Waals surface area contributed by atoms with E-state index in [0.717, 1.165) is 24.2 Å². The predicted molar refractivity (Wildman–Crippen MR) is 87.2 cm³/mol. The molecule has 0 N–H and O–H groups in total. The smallest absolute Gasteiger partial charge is 0.418 e. The summed E-state index contributed by atoms with van der Waals surface area (Å²) in [5, 5.41) is 0. The van der Waals surface area contributed by atoms with E-state index >= 15 is 0 Å². The van der Waals surface area contributed by atoms with Crippen molar-refractivity contribution in [1.82, 2.24) is 4.98 Å².